The first-order valence-corrected chi connectivity index (χ1v) is 7.38. The van der Waals surface area contributed by atoms with Gasteiger partial charge >= 0.3 is 0 Å². The van der Waals surface area contributed by atoms with Gasteiger partial charge in [0.25, 0.3) is 0 Å². The highest BCUT2D eigenvalue weighted by Crippen LogP contribution is 2.13. The van der Waals surface area contributed by atoms with E-state index in [0.717, 1.165) is 6.42 Å². The molecule has 0 aromatic heterocycles. The Morgan fingerprint density at radius 2 is 1.89 bits per heavy atom. The standard InChI is InChI=1S/C12H18N2O3S/c1-3-9(2)14-12(15)8-18(16,17)11-6-4-10(13)5-7-11/h4-7,9H,3,8,13H2,1-2H3,(H,14,15). The van der Waals surface area contributed by atoms with Crippen LogP contribution < -0.4 is 11.1 Å². The molecule has 0 aliphatic heterocycles. The van der Waals surface area contributed by atoms with Crippen molar-refractivity contribution in [1.29, 1.82) is 0 Å². The van der Waals surface area contributed by atoms with Crippen LogP contribution in [0, 0.1) is 0 Å². The molecular formula is C12H18N2O3S. The highest BCUT2D eigenvalue weighted by Gasteiger charge is 2.19. The molecule has 1 aromatic carbocycles. The predicted octanol–water partition coefficient (Wildman–Crippen LogP) is 0.957. The van der Waals surface area contributed by atoms with Gasteiger partial charge in [-0.05, 0) is 37.6 Å². The van der Waals surface area contributed by atoms with Gasteiger partial charge in [-0.25, -0.2) is 8.42 Å². The van der Waals surface area contributed by atoms with Crippen molar-refractivity contribution in [3.8, 4) is 0 Å². The van der Waals surface area contributed by atoms with Gasteiger partial charge < -0.3 is 11.1 Å². The highest BCUT2D eigenvalue weighted by molar-refractivity contribution is 7.92. The van der Waals surface area contributed by atoms with Crippen LogP contribution in [0.5, 0.6) is 0 Å². The lowest BCUT2D eigenvalue weighted by Crippen LogP contribution is -2.36. The fourth-order valence-corrected chi connectivity index (χ4v) is 2.50. The third kappa shape index (κ3) is 4.03. The number of hydrogen-bond acceptors (Lipinski definition) is 4. The van der Waals surface area contributed by atoms with Crippen molar-refractivity contribution in [2.45, 2.75) is 31.2 Å². The average molecular weight is 270 g/mol. The maximum atomic E-state index is 11.9. The largest absolute Gasteiger partial charge is 0.399 e. The molecule has 0 spiro atoms. The molecule has 0 aliphatic rings. The Kier molecular flexibility index (Phi) is 4.72. The van der Waals surface area contributed by atoms with Crippen LogP contribution >= 0.6 is 0 Å². The van der Waals surface area contributed by atoms with Crippen LogP contribution in [0.4, 0.5) is 5.69 Å². The molecule has 0 saturated carbocycles. The number of nitrogen functional groups attached to an aromatic ring is 1. The van der Waals surface area contributed by atoms with Crippen LogP contribution in [0.15, 0.2) is 29.2 Å². The summed E-state index contributed by atoms with van der Waals surface area (Å²) in [6, 6.07) is 5.78. The van der Waals surface area contributed by atoms with Crippen molar-refractivity contribution < 1.29 is 13.2 Å². The van der Waals surface area contributed by atoms with E-state index in [1.807, 2.05) is 13.8 Å². The lowest BCUT2D eigenvalue weighted by Gasteiger charge is -2.11. The first-order chi connectivity index (χ1) is 8.35. The Balaban J connectivity index is 2.76. The second-order valence-corrected chi connectivity index (χ2v) is 6.19. The van der Waals surface area contributed by atoms with Crippen LogP contribution in [0.2, 0.25) is 0 Å². The summed E-state index contributed by atoms with van der Waals surface area (Å²) in [5, 5.41) is 2.62. The molecule has 0 bridgehead atoms. The zero-order valence-corrected chi connectivity index (χ0v) is 11.3. The molecule has 0 radical (unpaired) electrons. The number of nitrogens with one attached hydrogen (secondary N) is 1. The van der Waals surface area contributed by atoms with Gasteiger partial charge in [-0.15, -0.1) is 0 Å². The molecule has 100 valence electrons. The SMILES string of the molecule is CCC(C)NC(=O)CS(=O)(=O)c1ccc(N)cc1. The molecule has 1 unspecified atom stereocenters. The summed E-state index contributed by atoms with van der Waals surface area (Å²) in [5.41, 5.74) is 5.97. The van der Waals surface area contributed by atoms with Crippen LogP contribution in [0.3, 0.4) is 0 Å². The molecule has 0 fully saturated rings. The van der Waals surface area contributed by atoms with E-state index in [1.54, 1.807) is 0 Å². The van der Waals surface area contributed by atoms with Crippen molar-refractivity contribution in [3.63, 3.8) is 0 Å². The summed E-state index contributed by atoms with van der Waals surface area (Å²) in [7, 11) is -3.60. The number of nitrogens with two attached hydrogens (primary N) is 1. The fourth-order valence-electron chi connectivity index (χ4n) is 1.35. The molecule has 3 N–H and O–H groups in total. The quantitative estimate of drug-likeness (QED) is 0.780. The molecule has 18 heavy (non-hydrogen) atoms. The maximum absolute atomic E-state index is 11.9. The second kappa shape index (κ2) is 5.86. The molecule has 1 atom stereocenters. The molecule has 0 heterocycles. The summed E-state index contributed by atoms with van der Waals surface area (Å²) in [4.78, 5) is 11.7. The van der Waals surface area contributed by atoms with E-state index >= 15 is 0 Å². The highest BCUT2D eigenvalue weighted by atomic mass is 32.2. The van der Waals surface area contributed by atoms with Crippen LogP contribution in [0.1, 0.15) is 20.3 Å². The number of rotatable bonds is 5. The number of anilines is 1. The Morgan fingerprint density at radius 1 is 1.33 bits per heavy atom. The van der Waals surface area contributed by atoms with Gasteiger partial charge in [-0.2, -0.15) is 0 Å². The van der Waals surface area contributed by atoms with E-state index in [9.17, 15) is 13.2 Å². The molecule has 0 aliphatic carbocycles. The Bertz CT molecular complexity index is 509. The summed E-state index contributed by atoms with van der Waals surface area (Å²) in [6.45, 7) is 3.74. The zero-order valence-electron chi connectivity index (χ0n) is 10.5. The van der Waals surface area contributed by atoms with E-state index in [4.69, 9.17) is 5.73 Å². The van der Waals surface area contributed by atoms with Crippen molar-refractivity contribution in [2.24, 2.45) is 0 Å². The lowest BCUT2D eigenvalue weighted by atomic mass is 10.3. The first kappa shape index (κ1) is 14.5. The Morgan fingerprint density at radius 3 is 2.39 bits per heavy atom. The van der Waals surface area contributed by atoms with Crippen LogP contribution in [-0.2, 0) is 14.6 Å². The molecule has 1 aromatic rings. The third-order valence-corrected chi connectivity index (χ3v) is 4.21. The second-order valence-electron chi connectivity index (χ2n) is 4.20. The minimum atomic E-state index is -3.60. The maximum Gasteiger partial charge on any atom is 0.235 e. The number of hydrogen-bond donors (Lipinski definition) is 2. The topological polar surface area (TPSA) is 89.3 Å². The monoisotopic (exact) mass is 270 g/mol. The molecule has 1 amide bonds. The van der Waals surface area contributed by atoms with Gasteiger partial charge in [-0.3, -0.25) is 4.79 Å². The average Bonchev–Trinajstić information content (AvgIpc) is 2.28. The summed E-state index contributed by atoms with van der Waals surface area (Å²) in [6.07, 6.45) is 0.758. The fraction of sp³-hybridized carbons (Fsp3) is 0.417. The van der Waals surface area contributed by atoms with Gasteiger partial charge in [0, 0.05) is 11.7 Å². The number of carbonyl (C=O) groups excluding carboxylic acids is 1. The van der Waals surface area contributed by atoms with Gasteiger partial charge in [0.05, 0.1) is 4.90 Å². The predicted molar refractivity (Wildman–Crippen MR) is 70.8 cm³/mol. The first-order valence-electron chi connectivity index (χ1n) is 5.73. The van der Waals surface area contributed by atoms with Gasteiger partial charge in [0.15, 0.2) is 9.84 Å². The summed E-state index contributed by atoms with van der Waals surface area (Å²) >= 11 is 0. The van der Waals surface area contributed by atoms with Crippen molar-refractivity contribution >= 4 is 21.4 Å². The zero-order chi connectivity index (χ0) is 13.8. The molecule has 5 nitrogen and oxygen atoms in total. The van der Waals surface area contributed by atoms with E-state index < -0.39 is 21.5 Å². The van der Waals surface area contributed by atoms with Gasteiger partial charge in [0.2, 0.25) is 5.91 Å². The normalized spacial score (nSPS) is 13.0. The molecule has 0 saturated heterocycles. The Labute approximate surface area is 107 Å². The van der Waals surface area contributed by atoms with E-state index in [-0.39, 0.29) is 10.9 Å². The minimum absolute atomic E-state index is 0.0286. The number of carbonyl (C=O) groups is 1. The minimum Gasteiger partial charge on any atom is -0.399 e. The van der Waals surface area contributed by atoms with E-state index in [2.05, 4.69) is 5.32 Å². The van der Waals surface area contributed by atoms with Gasteiger partial charge in [-0.1, -0.05) is 6.92 Å². The summed E-state index contributed by atoms with van der Waals surface area (Å²) in [5.74, 6) is -1.03. The number of benzene rings is 1. The number of amides is 1. The van der Waals surface area contributed by atoms with E-state index in [0.29, 0.717) is 5.69 Å². The number of sulfone groups is 1. The molecular weight excluding hydrogens is 252 g/mol. The Hall–Kier alpha value is -1.56. The van der Waals surface area contributed by atoms with Gasteiger partial charge in [0.1, 0.15) is 5.75 Å². The molecule has 6 heteroatoms. The van der Waals surface area contributed by atoms with Crippen molar-refractivity contribution in [1.82, 2.24) is 5.32 Å². The van der Waals surface area contributed by atoms with E-state index in [1.165, 1.54) is 24.3 Å². The van der Waals surface area contributed by atoms with Crippen LogP contribution in [0.25, 0.3) is 0 Å². The van der Waals surface area contributed by atoms with Crippen molar-refractivity contribution in [3.05, 3.63) is 24.3 Å². The molecule has 1 rings (SSSR count). The lowest BCUT2D eigenvalue weighted by molar-refractivity contribution is -0.119. The summed E-state index contributed by atoms with van der Waals surface area (Å²) < 4.78 is 23.8. The van der Waals surface area contributed by atoms with Crippen LogP contribution in [-0.4, -0.2) is 26.1 Å². The third-order valence-electron chi connectivity index (χ3n) is 2.58. The van der Waals surface area contributed by atoms with Crippen molar-refractivity contribution in [2.75, 3.05) is 11.5 Å². The smallest absolute Gasteiger partial charge is 0.235 e.